The number of aromatic nitrogens is 1. The maximum atomic E-state index is 13.2. The van der Waals surface area contributed by atoms with Gasteiger partial charge in [-0.15, -0.1) is 0 Å². The minimum absolute atomic E-state index is 0.0488. The number of benzene rings is 1. The Morgan fingerprint density at radius 2 is 2.24 bits per heavy atom. The number of aromatic carboxylic acids is 1. The van der Waals surface area contributed by atoms with Crippen LogP contribution in [-0.4, -0.2) is 21.8 Å². The van der Waals surface area contributed by atoms with Crippen molar-refractivity contribution in [2.75, 3.05) is 0 Å². The van der Waals surface area contributed by atoms with Crippen LogP contribution in [0, 0.1) is 5.82 Å². The lowest BCUT2D eigenvalue weighted by Gasteiger charge is -2.33. The van der Waals surface area contributed by atoms with Crippen LogP contribution in [-0.2, 0) is 18.0 Å². The zero-order chi connectivity index (χ0) is 18.2. The second-order valence-electron chi connectivity index (χ2n) is 5.90. The Hall–Kier alpha value is -2.38. The Balaban J connectivity index is 1.89. The van der Waals surface area contributed by atoms with E-state index < -0.39 is 17.6 Å². The second-order valence-corrected chi connectivity index (χ2v) is 6.31. The standard InChI is InChI=1S/C17H15ClFNO5/c1-17(2)24-8-11-9(6-20-14(16(21)22)15(11)25-17)7-23-10-3-4-13(19)12(18)5-10/h3-6H,7-8H2,1-2H3,(H,21,22). The Kier molecular flexibility index (Phi) is 4.53. The van der Waals surface area contributed by atoms with Crippen molar-refractivity contribution in [3.63, 3.8) is 0 Å². The van der Waals surface area contributed by atoms with Gasteiger partial charge in [-0.2, -0.15) is 0 Å². The van der Waals surface area contributed by atoms with E-state index in [-0.39, 0.29) is 29.7 Å². The van der Waals surface area contributed by atoms with Crippen molar-refractivity contribution in [2.24, 2.45) is 0 Å². The molecule has 0 unspecified atom stereocenters. The van der Waals surface area contributed by atoms with E-state index in [2.05, 4.69) is 4.98 Å². The smallest absolute Gasteiger partial charge is 0.358 e. The van der Waals surface area contributed by atoms with Crippen LogP contribution in [0.2, 0.25) is 5.02 Å². The zero-order valence-electron chi connectivity index (χ0n) is 13.5. The van der Waals surface area contributed by atoms with E-state index in [0.717, 1.165) is 0 Å². The molecular weight excluding hydrogens is 353 g/mol. The summed E-state index contributed by atoms with van der Waals surface area (Å²) in [5, 5.41) is 9.25. The van der Waals surface area contributed by atoms with Gasteiger partial charge in [-0.05, 0) is 12.1 Å². The van der Waals surface area contributed by atoms with Crippen LogP contribution in [0.1, 0.15) is 35.5 Å². The molecule has 1 N–H and O–H groups in total. The van der Waals surface area contributed by atoms with Gasteiger partial charge in [0.15, 0.2) is 11.4 Å². The molecule has 6 nitrogen and oxygen atoms in total. The first kappa shape index (κ1) is 17.4. The molecule has 1 aliphatic rings. The van der Waals surface area contributed by atoms with Crippen LogP contribution in [0.3, 0.4) is 0 Å². The Morgan fingerprint density at radius 1 is 1.48 bits per heavy atom. The number of hydrogen-bond donors (Lipinski definition) is 1. The topological polar surface area (TPSA) is 77.9 Å². The molecule has 2 aromatic rings. The van der Waals surface area contributed by atoms with E-state index in [1.165, 1.54) is 24.4 Å². The molecule has 1 aromatic heterocycles. The molecule has 0 fully saturated rings. The van der Waals surface area contributed by atoms with Crippen LogP contribution in [0.4, 0.5) is 4.39 Å². The summed E-state index contributed by atoms with van der Waals surface area (Å²) in [5.74, 6) is -2.14. The van der Waals surface area contributed by atoms with Crippen LogP contribution in [0.15, 0.2) is 24.4 Å². The van der Waals surface area contributed by atoms with Gasteiger partial charge in [0.1, 0.15) is 18.2 Å². The van der Waals surface area contributed by atoms with E-state index in [1.807, 2.05) is 0 Å². The lowest BCUT2D eigenvalue weighted by atomic mass is 10.1. The van der Waals surface area contributed by atoms with Crippen LogP contribution in [0.5, 0.6) is 11.5 Å². The monoisotopic (exact) mass is 367 g/mol. The van der Waals surface area contributed by atoms with Gasteiger partial charge >= 0.3 is 5.97 Å². The highest BCUT2D eigenvalue weighted by Gasteiger charge is 2.33. The average Bonchev–Trinajstić information content (AvgIpc) is 2.54. The van der Waals surface area contributed by atoms with Gasteiger partial charge in [-0.3, -0.25) is 0 Å². The molecule has 0 radical (unpaired) electrons. The van der Waals surface area contributed by atoms with Crippen molar-refractivity contribution < 1.29 is 28.5 Å². The molecule has 1 aromatic carbocycles. The molecular formula is C17H15ClFNO5. The van der Waals surface area contributed by atoms with Crippen LogP contribution in [0.25, 0.3) is 0 Å². The quantitative estimate of drug-likeness (QED) is 0.885. The lowest BCUT2D eigenvalue weighted by molar-refractivity contribution is -0.180. The SMILES string of the molecule is CC1(C)OCc2c(COc3ccc(F)c(Cl)c3)cnc(C(=O)O)c2O1. The fourth-order valence-corrected chi connectivity index (χ4v) is 2.53. The molecule has 25 heavy (non-hydrogen) atoms. The van der Waals surface area contributed by atoms with Crippen LogP contribution >= 0.6 is 11.6 Å². The molecule has 0 atom stereocenters. The zero-order valence-corrected chi connectivity index (χ0v) is 14.3. The maximum absolute atomic E-state index is 13.2. The number of carboxylic acids is 1. The fraction of sp³-hybridized carbons (Fsp3) is 0.294. The molecule has 0 aliphatic carbocycles. The van der Waals surface area contributed by atoms with Crippen molar-refractivity contribution in [3.05, 3.63) is 52.1 Å². The van der Waals surface area contributed by atoms with Crippen molar-refractivity contribution in [1.29, 1.82) is 0 Å². The van der Waals surface area contributed by atoms with Gasteiger partial charge in [-0.1, -0.05) is 11.6 Å². The lowest BCUT2D eigenvalue weighted by Crippen LogP contribution is -2.37. The number of ether oxygens (including phenoxy) is 3. The van der Waals surface area contributed by atoms with E-state index in [9.17, 15) is 14.3 Å². The number of rotatable bonds is 4. The normalized spacial score (nSPS) is 15.2. The largest absolute Gasteiger partial charge is 0.489 e. The molecule has 8 heteroatoms. The van der Waals surface area contributed by atoms with Crippen molar-refractivity contribution >= 4 is 17.6 Å². The summed E-state index contributed by atoms with van der Waals surface area (Å²) in [6.45, 7) is 3.61. The van der Waals surface area contributed by atoms with Gasteiger partial charge in [0.25, 0.3) is 0 Å². The van der Waals surface area contributed by atoms with Crippen molar-refractivity contribution in [3.8, 4) is 11.5 Å². The van der Waals surface area contributed by atoms with E-state index in [0.29, 0.717) is 16.9 Å². The summed E-state index contributed by atoms with van der Waals surface area (Å²) in [7, 11) is 0. The fourth-order valence-electron chi connectivity index (χ4n) is 2.36. The summed E-state index contributed by atoms with van der Waals surface area (Å²) in [5.41, 5.74) is 0.982. The van der Waals surface area contributed by atoms with Gasteiger partial charge in [-0.25, -0.2) is 14.2 Å². The first-order valence-corrected chi connectivity index (χ1v) is 7.79. The Labute approximate surface area is 148 Å². The maximum Gasteiger partial charge on any atom is 0.358 e. The summed E-state index contributed by atoms with van der Waals surface area (Å²) in [6.07, 6.45) is 1.40. The molecule has 0 amide bonds. The molecule has 1 aliphatic heterocycles. The molecule has 0 bridgehead atoms. The second kappa shape index (κ2) is 6.50. The average molecular weight is 368 g/mol. The third-order valence-corrected chi connectivity index (χ3v) is 3.92. The highest BCUT2D eigenvalue weighted by molar-refractivity contribution is 6.30. The van der Waals surface area contributed by atoms with E-state index in [4.69, 9.17) is 25.8 Å². The third-order valence-electron chi connectivity index (χ3n) is 3.63. The highest BCUT2D eigenvalue weighted by Crippen LogP contribution is 2.36. The molecule has 0 spiro atoms. The first-order chi connectivity index (χ1) is 11.8. The Bertz CT molecular complexity index is 840. The number of pyridine rings is 1. The molecule has 0 saturated heterocycles. The third kappa shape index (κ3) is 3.67. The van der Waals surface area contributed by atoms with Crippen molar-refractivity contribution in [1.82, 2.24) is 4.98 Å². The predicted octanol–water partition coefficient (Wildman–Crippen LogP) is 3.80. The Morgan fingerprint density at radius 3 is 2.92 bits per heavy atom. The summed E-state index contributed by atoms with van der Waals surface area (Å²) in [6, 6.07) is 4.01. The number of carboxylic acid groups (broad SMARTS) is 1. The van der Waals surface area contributed by atoms with Crippen molar-refractivity contribution in [2.45, 2.75) is 32.8 Å². The molecule has 0 saturated carbocycles. The van der Waals surface area contributed by atoms with E-state index >= 15 is 0 Å². The molecule has 2 heterocycles. The van der Waals surface area contributed by atoms with Crippen LogP contribution < -0.4 is 9.47 Å². The first-order valence-electron chi connectivity index (χ1n) is 7.42. The number of carbonyl (C=O) groups is 1. The minimum atomic E-state index is -1.19. The summed E-state index contributed by atoms with van der Waals surface area (Å²) >= 11 is 5.73. The number of nitrogens with zero attached hydrogens (tertiary/aromatic N) is 1. The van der Waals surface area contributed by atoms with Gasteiger partial charge in [0.05, 0.1) is 11.6 Å². The van der Waals surface area contributed by atoms with Gasteiger partial charge in [0, 0.05) is 37.2 Å². The predicted molar refractivity (Wildman–Crippen MR) is 86.4 cm³/mol. The number of hydrogen-bond acceptors (Lipinski definition) is 5. The van der Waals surface area contributed by atoms with E-state index in [1.54, 1.807) is 13.8 Å². The number of fused-ring (bicyclic) bond motifs is 1. The summed E-state index contributed by atoms with van der Waals surface area (Å²) < 4.78 is 30.0. The molecule has 132 valence electrons. The van der Waals surface area contributed by atoms with Gasteiger partial charge < -0.3 is 19.3 Å². The summed E-state index contributed by atoms with van der Waals surface area (Å²) in [4.78, 5) is 15.3. The van der Waals surface area contributed by atoms with Gasteiger partial charge in [0.2, 0.25) is 5.79 Å². The minimum Gasteiger partial charge on any atom is -0.489 e. The highest BCUT2D eigenvalue weighted by atomic mass is 35.5. The number of halogens is 2. The molecule has 3 rings (SSSR count).